The van der Waals surface area contributed by atoms with Crippen molar-refractivity contribution in [2.75, 3.05) is 21.3 Å². The molecule has 0 heterocycles. The molecule has 0 bridgehead atoms. The highest BCUT2D eigenvalue weighted by atomic mass is 16.5. The van der Waals surface area contributed by atoms with Gasteiger partial charge in [-0.3, -0.25) is 9.59 Å². The van der Waals surface area contributed by atoms with E-state index in [1.54, 1.807) is 30.3 Å². The van der Waals surface area contributed by atoms with E-state index >= 15 is 0 Å². The van der Waals surface area contributed by atoms with Crippen molar-refractivity contribution in [3.8, 4) is 0 Å². The lowest BCUT2D eigenvalue weighted by molar-refractivity contribution is -0.145. The second-order valence-corrected chi connectivity index (χ2v) is 5.59. The van der Waals surface area contributed by atoms with Gasteiger partial charge in [-0.15, -0.1) is 0 Å². The molecule has 2 aromatic carbocycles. The van der Waals surface area contributed by atoms with Crippen LogP contribution >= 0.6 is 0 Å². The Morgan fingerprint density at radius 1 is 0.758 bits per heavy atom. The lowest BCUT2D eigenvalue weighted by atomic mass is 10.2. The third-order valence-electron chi connectivity index (χ3n) is 3.38. The number of carboxylic acids is 1. The van der Waals surface area contributed by atoms with Crippen molar-refractivity contribution in [3.63, 3.8) is 0 Å². The van der Waals surface area contributed by atoms with E-state index in [0.717, 1.165) is 5.56 Å². The molecule has 8 nitrogen and oxygen atoms in total. The second-order valence-electron chi connectivity index (χ2n) is 5.59. The van der Waals surface area contributed by atoms with Crippen LogP contribution in [0.15, 0.2) is 66.7 Å². The summed E-state index contributed by atoms with van der Waals surface area (Å²) in [6.07, 6.45) is 2.90. The molecule has 0 amide bonds. The van der Waals surface area contributed by atoms with Crippen LogP contribution in [0.25, 0.3) is 6.08 Å². The summed E-state index contributed by atoms with van der Waals surface area (Å²) in [4.78, 5) is 41.5. The Balaban J connectivity index is 0. The molecular formula is C25H32O8. The number of hydrogen-bond donors (Lipinski definition) is 1. The van der Waals surface area contributed by atoms with E-state index < -0.39 is 11.9 Å². The third kappa shape index (κ3) is 18.5. The van der Waals surface area contributed by atoms with Crippen molar-refractivity contribution in [2.24, 2.45) is 0 Å². The van der Waals surface area contributed by atoms with Crippen LogP contribution in [-0.2, 0) is 28.6 Å². The van der Waals surface area contributed by atoms with Crippen molar-refractivity contribution >= 4 is 30.0 Å². The van der Waals surface area contributed by atoms with Gasteiger partial charge in [0.15, 0.2) is 0 Å². The molecule has 180 valence electrons. The predicted octanol–water partition coefficient (Wildman–Crippen LogP) is 4.40. The van der Waals surface area contributed by atoms with Gasteiger partial charge in [-0.2, -0.15) is 0 Å². The molecule has 0 radical (unpaired) electrons. The monoisotopic (exact) mass is 460 g/mol. The first-order valence-corrected chi connectivity index (χ1v) is 10.1. The molecule has 0 atom stereocenters. The maximum atomic E-state index is 10.8. The fraction of sp³-hybridized carbons (Fsp3) is 0.280. The summed E-state index contributed by atoms with van der Waals surface area (Å²) in [6.45, 7) is 4.00. The highest BCUT2D eigenvalue weighted by molar-refractivity contribution is 5.89. The standard InChI is InChI=1S/C10H10O2.C8H8O2.C5H8O4.C2H6/c1-12-10(11)8-7-9-5-3-2-4-6-9;1-10-8(9)7-5-3-2-4-6-7;1-9-5(8)3-2-4(6)7;1-2/h2-8H,1H3;2-6H,1H3;2-3H2,1H3,(H,6,7);1-2H3/b8-7+;;;. The molecule has 0 aliphatic carbocycles. The van der Waals surface area contributed by atoms with Gasteiger partial charge < -0.3 is 19.3 Å². The third-order valence-corrected chi connectivity index (χ3v) is 3.38. The Hall–Kier alpha value is -3.94. The smallest absolute Gasteiger partial charge is 0.337 e. The summed E-state index contributed by atoms with van der Waals surface area (Å²) >= 11 is 0. The molecule has 0 aliphatic heterocycles. The molecule has 0 fully saturated rings. The molecule has 0 aliphatic rings. The number of hydrogen-bond acceptors (Lipinski definition) is 7. The van der Waals surface area contributed by atoms with Crippen molar-refractivity contribution in [2.45, 2.75) is 26.7 Å². The molecular weight excluding hydrogens is 428 g/mol. The molecule has 1 N–H and O–H groups in total. The first kappa shape index (κ1) is 31.2. The highest BCUT2D eigenvalue weighted by Crippen LogP contribution is 2.00. The van der Waals surface area contributed by atoms with Gasteiger partial charge in [0, 0.05) is 6.08 Å². The molecule has 0 unspecified atom stereocenters. The van der Waals surface area contributed by atoms with Crippen molar-refractivity contribution in [3.05, 3.63) is 77.9 Å². The minimum atomic E-state index is -0.986. The maximum absolute atomic E-state index is 10.8. The van der Waals surface area contributed by atoms with Crippen molar-refractivity contribution in [1.29, 1.82) is 0 Å². The van der Waals surface area contributed by atoms with E-state index in [1.165, 1.54) is 27.4 Å². The maximum Gasteiger partial charge on any atom is 0.337 e. The molecule has 33 heavy (non-hydrogen) atoms. The minimum Gasteiger partial charge on any atom is -0.481 e. The van der Waals surface area contributed by atoms with Crippen LogP contribution in [0.4, 0.5) is 0 Å². The average Bonchev–Trinajstić information content (AvgIpc) is 2.88. The van der Waals surface area contributed by atoms with E-state index in [4.69, 9.17) is 5.11 Å². The number of methoxy groups -OCH3 is 3. The summed E-state index contributed by atoms with van der Waals surface area (Å²) in [5.41, 5.74) is 1.58. The molecule has 8 heteroatoms. The Morgan fingerprint density at radius 2 is 1.27 bits per heavy atom. The number of aliphatic carboxylic acids is 1. The van der Waals surface area contributed by atoms with Gasteiger partial charge in [0.2, 0.25) is 0 Å². The Labute approximate surface area is 194 Å². The summed E-state index contributed by atoms with van der Waals surface area (Å²) in [5, 5.41) is 8.05. The SMILES string of the molecule is CC.COC(=O)/C=C/c1ccccc1.COC(=O)CCC(=O)O.COC(=O)c1ccccc1. The van der Waals surface area contributed by atoms with Gasteiger partial charge in [0.25, 0.3) is 0 Å². The molecule has 0 saturated carbocycles. The van der Waals surface area contributed by atoms with Gasteiger partial charge in [-0.25, -0.2) is 9.59 Å². The molecule has 0 aromatic heterocycles. The summed E-state index contributed by atoms with van der Waals surface area (Å²) in [7, 11) is 3.96. The minimum absolute atomic E-state index is 0.0498. The summed E-state index contributed by atoms with van der Waals surface area (Å²) in [6, 6.07) is 18.5. The number of carbonyl (C=O) groups is 4. The topological polar surface area (TPSA) is 116 Å². The van der Waals surface area contributed by atoms with Gasteiger partial charge >= 0.3 is 23.9 Å². The molecule has 2 aromatic rings. The molecule has 2 rings (SSSR count). The zero-order valence-corrected chi connectivity index (χ0v) is 19.6. The van der Waals surface area contributed by atoms with E-state index in [2.05, 4.69) is 14.2 Å². The number of benzene rings is 2. The quantitative estimate of drug-likeness (QED) is 0.383. The number of carboxylic acid groups (broad SMARTS) is 1. The molecule has 0 spiro atoms. The van der Waals surface area contributed by atoms with Gasteiger partial charge in [-0.1, -0.05) is 62.4 Å². The van der Waals surface area contributed by atoms with Crippen LogP contribution < -0.4 is 0 Å². The van der Waals surface area contributed by atoms with Gasteiger partial charge in [0.1, 0.15) is 0 Å². The molecule has 0 saturated heterocycles. The van der Waals surface area contributed by atoms with Crippen molar-refractivity contribution < 1.29 is 38.5 Å². The van der Waals surface area contributed by atoms with Crippen LogP contribution in [0, 0.1) is 0 Å². The Morgan fingerprint density at radius 3 is 1.70 bits per heavy atom. The van der Waals surface area contributed by atoms with Crippen LogP contribution in [0.2, 0.25) is 0 Å². The highest BCUT2D eigenvalue weighted by Gasteiger charge is 2.03. The predicted molar refractivity (Wildman–Crippen MR) is 126 cm³/mol. The number of rotatable bonds is 6. The van der Waals surface area contributed by atoms with E-state index in [-0.39, 0.29) is 24.8 Å². The van der Waals surface area contributed by atoms with E-state index in [9.17, 15) is 19.2 Å². The van der Waals surface area contributed by atoms with Crippen LogP contribution in [0.5, 0.6) is 0 Å². The Bertz CT molecular complexity index is 830. The van der Waals surface area contributed by atoms with Crippen LogP contribution in [0.1, 0.15) is 42.6 Å². The first-order chi connectivity index (χ1) is 15.8. The largest absolute Gasteiger partial charge is 0.481 e. The van der Waals surface area contributed by atoms with Crippen LogP contribution in [0.3, 0.4) is 0 Å². The second kappa shape index (κ2) is 21.3. The first-order valence-electron chi connectivity index (χ1n) is 10.1. The van der Waals surface area contributed by atoms with Crippen LogP contribution in [-0.4, -0.2) is 50.3 Å². The number of ether oxygens (including phenoxy) is 3. The number of carbonyl (C=O) groups excluding carboxylic acids is 3. The average molecular weight is 461 g/mol. The zero-order chi connectivity index (χ0) is 25.5. The van der Waals surface area contributed by atoms with Gasteiger partial charge in [-0.05, 0) is 23.8 Å². The normalized spacial score (nSPS) is 8.88. The summed E-state index contributed by atoms with van der Waals surface area (Å²) in [5.74, 6) is -2.10. The fourth-order valence-corrected chi connectivity index (χ4v) is 1.80. The Kier molecular flexibility index (Phi) is 20.2. The zero-order valence-electron chi connectivity index (χ0n) is 19.6. The summed E-state index contributed by atoms with van der Waals surface area (Å²) < 4.78 is 13.1. The van der Waals surface area contributed by atoms with E-state index in [0.29, 0.717) is 5.56 Å². The van der Waals surface area contributed by atoms with E-state index in [1.807, 2.05) is 50.2 Å². The van der Waals surface area contributed by atoms with Gasteiger partial charge in [0.05, 0.1) is 39.7 Å². The lowest BCUT2D eigenvalue weighted by Crippen LogP contribution is -2.04. The fourth-order valence-electron chi connectivity index (χ4n) is 1.80. The number of esters is 3. The lowest BCUT2D eigenvalue weighted by Gasteiger charge is -1.95. The van der Waals surface area contributed by atoms with Crippen molar-refractivity contribution in [1.82, 2.24) is 0 Å².